The Balaban J connectivity index is 1.49. The average molecular weight is 1140 g/mol. The molecular formula is C60H113NO18. The lowest BCUT2D eigenvalue weighted by atomic mass is 9.96. The van der Waals surface area contributed by atoms with Crippen LogP contribution in [0.25, 0.3) is 0 Å². The zero-order valence-corrected chi connectivity index (χ0v) is 48.6. The van der Waals surface area contributed by atoms with Crippen molar-refractivity contribution >= 4 is 5.91 Å². The maximum absolute atomic E-state index is 13.3. The molecule has 6 unspecified atom stereocenters. The molecule has 3 fully saturated rings. The number of aliphatic hydroxyl groups is 11. The summed E-state index contributed by atoms with van der Waals surface area (Å²) in [5, 5.41) is 120. The molecule has 0 bridgehead atoms. The molecular weight excluding hydrogens is 1020 g/mol. The van der Waals surface area contributed by atoms with Crippen LogP contribution >= 0.6 is 0 Å². The molecule has 3 heterocycles. The van der Waals surface area contributed by atoms with E-state index in [2.05, 4.69) is 19.2 Å². The van der Waals surface area contributed by atoms with E-state index in [0.717, 1.165) is 44.9 Å². The number of aliphatic hydroxyl groups excluding tert-OH is 11. The average Bonchev–Trinajstić information content (AvgIpc) is 3.48. The first-order valence-electron chi connectivity index (χ1n) is 31.4. The number of nitrogens with one attached hydrogen (secondary N) is 1. The van der Waals surface area contributed by atoms with Crippen molar-refractivity contribution in [1.82, 2.24) is 5.32 Å². The van der Waals surface area contributed by atoms with Crippen LogP contribution in [0.5, 0.6) is 0 Å². The fourth-order valence-corrected chi connectivity index (χ4v) is 10.9. The molecule has 0 aromatic carbocycles. The van der Waals surface area contributed by atoms with Gasteiger partial charge in [0, 0.05) is 6.42 Å². The standard InChI is InChI=1S/C60H113NO18/c1-3-5-7-9-11-13-15-17-18-19-20-21-22-23-24-26-28-30-32-34-36-38-48(66)61-43(44(65)37-35-33-31-29-27-25-16-14-12-10-8-6-4-2)42-74-58-54(72)52(70)56(47(41-64)77-58)78-60-55(73)57(50(68)46(40-63)76-60)79-59-53(71)51(69)49(67)45(39-62)75-59/h35,37,43-47,49-60,62-65,67-73H,3-34,36,38-42H2,1-2H3,(H,61,66)/b37-35+/t43-,44+,45?,46?,47?,49+,50+,51-,52+,53?,54?,55?,56+,57-,58+,59+,60-/m0/s1. The Bertz CT molecular complexity index is 1500. The molecule has 19 nitrogen and oxygen atoms in total. The molecule has 3 saturated heterocycles. The van der Waals surface area contributed by atoms with Gasteiger partial charge in [-0.15, -0.1) is 0 Å². The summed E-state index contributed by atoms with van der Waals surface area (Å²) in [4.78, 5) is 13.3. The largest absolute Gasteiger partial charge is 0.394 e. The van der Waals surface area contributed by atoms with Crippen molar-refractivity contribution in [2.45, 2.75) is 336 Å². The van der Waals surface area contributed by atoms with E-state index in [0.29, 0.717) is 6.42 Å². The van der Waals surface area contributed by atoms with E-state index in [1.165, 1.54) is 161 Å². The van der Waals surface area contributed by atoms with Gasteiger partial charge in [-0.05, 0) is 19.3 Å². The molecule has 466 valence electrons. The van der Waals surface area contributed by atoms with E-state index in [-0.39, 0.29) is 18.9 Å². The molecule has 17 atom stereocenters. The highest BCUT2D eigenvalue weighted by Gasteiger charge is 2.54. The Morgan fingerprint density at radius 2 is 0.823 bits per heavy atom. The Kier molecular flexibility index (Phi) is 40.1. The van der Waals surface area contributed by atoms with Gasteiger partial charge in [-0.2, -0.15) is 0 Å². The zero-order valence-electron chi connectivity index (χ0n) is 48.6. The van der Waals surface area contributed by atoms with Crippen molar-refractivity contribution in [3.63, 3.8) is 0 Å². The molecule has 0 aromatic rings. The molecule has 0 radical (unpaired) electrons. The maximum atomic E-state index is 13.3. The monoisotopic (exact) mass is 1140 g/mol. The number of carbonyl (C=O) groups excluding carboxylic acids is 1. The van der Waals surface area contributed by atoms with Crippen LogP contribution in [0.1, 0.15) is 232 Å². The predicted molar refractivity (Wildman–Crippen MR) is 300 cm³/mol. The van der Waals surface area contributed by atoms with Gasteiger partial charge in [0.1, 0.15) is 73.2 Å². The molecule has 3 rings (SSSR count). The molecule has 3 aliphatic rings. The zero-order chi connectivity index (χ0) is 57.6. The Morgan fingerprint density at radius 1 is 0.443 bits per heavy atom. The summed E-state index contributed by atoms with van der Waals surface area (Å²) in [7, 11) is 0. The van der Waals surface area contributed by atoms with Gasteiger partial charge < -0.3 is 89.9 Å². The summed E-state index contributed by atoms with van der Waals surface area (Å²) in [5.74, 6) is -0.276. The van der Waals surface area contributed by atoms with Gasteiger partial charge in [-0.1, -0.05) is 219 Å². The number of hydrogen-bond acceptors (Lipinski definition) is 18. The SMILES string of the molecule is CCCCCCCCCCCCC/C=C/[C@@H](O)[C@H](CO[C@@H]1OC(CO)[C@@H](O[C@@H]2OC(CO)[C@@H](O)[C@H](O[C@H]3OC(CO)[C@@H](O)[C@H](O)C3O)C2O)[C@H](O)C1O)NC(=O)CCCCCCCCCCCCCCCCCCCCCCC. The number of unbranched alkanes of at least 4 members (excludes halogenated alkanes) is 31. The van der Waals surface area contributed by atoms with Crippen molar-refractivity contribution in [3.05, 3.63) is 12.2 Å². The van der Waals surface area contributed by atoms with Crippen molar-refractivity contribution in [2.24, 2.45) is 0 Å². The smallest absolute Gasteiger partial charge is 0.220 e. The minimum atomic E-state index is -1.97. The third-order valence-corrected chi connectivity index (χ3v) is 16.1. The molecule has 19 heteroatoms. The minimum absolute atomic E-state index is 0.245. The van der Waals surface area contributed by atoms with Gasteiger partial charge in [0.05, 0.1) is 38.6 Å². The molecule has 12 N–H and O–H groups in total. The Morgan fingerprint density at radius 3 is 1.28 bits per heavy atom. The van der Waals surface area contributed by atoms with Gasteiger partial charge in [0.25, 0.3) is 0 Å². The second-order valence-electron chi connectivity index (χ2n) is 22.9. The minimum Gasteiger partial charge on any atom is -0.394 e. The number of amides is 1. The lowest BCUT2D eigenvalue weighted by Crippen LogP contribution is -2.67. The highest BCUT2D eigenvalue weighted by Crippen LogP contribution is 2.33. The van der Waals surface area contributed by atoms with Crippen LogP contribution in [0.4, 0.5) is 0 Å². The molecule has 0 saturated carbocycles. The van der Waals surface area contributed by atoms with Gasteiger partial charge in [0.2, 0.25) is 5.91 Å². The first-order valence-corrected chi connectivity index (χ1v) is 31.4. The second-order valence-corrected chi connectivity index (χ2v) is 22.9. The van der Waals surface area contributed by atoms with Crippen molar-refractivity contribution in [3.8, 4) is 0 Å². The highest BCUT2D eigenvalue weighted by molar-refractivity contribution is 5.76. The fourth-order valence-electron chi connectivity index (χ4n) is 10.9. The third-order valence-electron chi connectivity index (χ3n) is 16.1. The van der Waals surface area contributed by atoms with Gasteiger partial charge in [0.15, 0.2) is 18.9 Å². The molecule has 0 aliphatic carbocycles. The lowest BCUT2D eigenvalue weighted by Gasteiger charge is -2.48. The predicted octanol–water partition coefficient (Wildman–Crippen LogP) is 6.16. The summed E-state index contributed by atoms with van der Waals surface area (Å²) >= 11 is 0. The topological polar surface area (TPSA) is 307 Å². The van der Waals surface area contributed by atoms with Crippen molar-refractivity contribution < 1.29 is 89.4 Å². The van der Waals surface area contributed by atoms with Gasteiger partial charge >= 0.3 is 0 Å². The van der Waals surface area contributed by atoms with Crippen LogP contribution in [0.2, 0.25) is 0 Å². The van der Waals surface area contributed by atoms with Crippen LogP contribution in [0.3, 0.4) is 0 Å². The lowest BCUT2D eigenvalue weighted by molar-refractivity contribution is -0.380. The number of ether oxygens (including phenoxy) is 6. The summed E-state index contributed by atoms with van der Waals surface area (Å²) in [6, 6.07) is -0.973. The molecule has 0 spiro atoms. The number of rotatable bonds is 47. The van der Waals surface area contributed by atoms with Crippen LogP contribution in [0.15, 0.2) is 12.2 Å². The summed E-state index contributed by atoms with van der Waals surface area (Å²) in [6.45, 7) is 1.71. The van der Waals surface area contributed by atoms with E-state index in [1.807, 2.05) is 6.08 Å². The van der Waals surface area contributed by atoms with E-state index >= 15 is 0 Å². The molecule has 1 amide bonds. The van der Waals surface area contributed by atoms with Crippen molar-refractivity contribution in [1.29, 1.82) is 0 Å². The fraction of sp³-hybridized carbons (Fsp3) is 0.950. The quantitative estimate of drug-likeness (QED) is 0.0240. The first-order chi connectivity index (χ1) is 38.3. The third kappa shape index (κ3) is 27.9. The summed E-state index contributed by atoms with van der Waals surface area (Å²) in [6.07, 6.45) is 17.3. The van der Waals surface area contributed by atoms with E-state index < -0.39 is 124 Å². The van der Waals surface area contributed by atoms with Crippen molar-refractivity contribution in [2.75, 3.05) is 26.4 Å². The number of hydrogen-bond donors (Lipinski definition) is 12. The maximum Gasteiger partial charge on any atom is 0.220 e. The van der Waals surface area contributed by atoms with E-state index in [4.69, 9.17) is 28.4 Å². The normalized spacial score (nSPS) is 30.3. The Hall–Kier alpha value is -1.47. The summed E-state index contributed by atoms with van der Waals surface area (Å²) < 4.78 is 34.3. The number of allylic oxidation sites excluding steroid dienone is 1. The summed E-state index contributed by atoms with van der Waals surface area (Å²) in [5.41, 5.74) is 0. The van der Waals surface area contributed by atoms with Crippen LogP contribution < -0.4 is 5.32 Å². The van der Waals surface area contributed by atoms with E-state index in [1.54, 1.807) is 6.08 Å². The molecule has 3 aliphatic heterocycles. The first kappa shape index (κ1) is 71.8. The van der Waals surface area contributed by atoms with Crippen LogP contribution in [-0.4, -0.2) is 193 Å². The van der Waals surface area contributed by atoms with E-state index in [9.17, 15) is 61.0 Å². The molecule has 79 heavy (non-hydrogen) atoms. The highest BCUT2D eigenvalue weighted by atomic mass is 16.8. The van der Waals surface area contributed by atoms with Crippen LogP contribution in [-0.2, 0) is 33.2 Å². The van der Waals surface area contributed by atoms with Gasteiger partial charge in [-0.3, -0.25) is 4.79 Å². The second kappa shape index (κ2) is 44.1. The van der Waals surface area contributed by atoms with Crippen LogP contribution in [0, 0.1) is 0 Å². The Labute approximate surface area is 474 Å². The number of carbonyl (C=O) groups is 1. The van der Waals surface area contributed by atoms with Gasteiger partial charge in [-0.25, -0.2) is 0 Å². The molecule has 0 aromatic heterocycles.